The second-order valence-electron chi connectivity index (χ2n) is 6.27. The van der Waals surface area contributed by atoms with Crippen LogP contribution in [0.25, 0.3) is 0 Å². The molecule has 1 amide bonds. The van der Waals surface area contributed by atoms with Gasteiger partial charge in [0, 0.05) is 7.05 Å². The van der Waals surface area contributed by atoms with Gasteiger partial charge in [-0.25, -0.2) is 0 Å². The van der Waals surface area contributed by atoms with Crippen LogP contribution in [0.2, 0.25) is 0 Å². The number of amides is 1. The van der Waals surface area contributed by atoms with Crippen LogP contribution >= 0.6 is 0 Å². The molecule has 0 radical (unpaired) electrons. The van der Waals surface area contributed by atoms with Gasteiger partial charge in [-0.05, 0) is 42.4 Å². The van der Waals surface area contributed by atoms with Crippen LogP contribution in [-0.4, -0.2) is 19.6 Å². The SMILES string of the molecule is CNC(=O)COc1cccc(CCC2CCC(C)CC2)c1. The zero-order valence-corrected chi connectivity index (χ0v) is 13.2. The van der Waals surface area contributed by atoms with Crippen LogP contribution in [0.4, 0.5) is 0 Å². The third-order valence-corrected chi connectivity index (χ3v) is 4.52. The third-order valence-electron chi connectivity index (χ3n) is 4.52. The van der Waals surface area contributed by atoms with E-state index in [1.165, 1.54) is 37.7 Å². The lowest BCUT2D eigenvalue weighted by Crippen LogP contribution is -2.24. The number of likely N-dealkylation sites (N-methyl/N-ethyl adjacent to an activating group) is 1. The van der Waals surface area contributed by atoms with E-state index in [0.717, 1.165) is 24.0 Å². The molecule has 3 nitrogen and oxygen atoms in total. The van der Waals surface area contributed by atoms with Crippen LogP contribution in [-0.2, 0) is 11.2 Å². The van der Waals surface area contributed by atoms with E-state index in [0.29, 0.717) is 0 Å². The van der Waals surface area contributed by atoms with Crippen molar-refractivity contribution in [3.8, 4) is 5.75 Å². The standard InChI is InChI=1S/C18H27NO2/c1-14-6-8-15(9-7-14)10-11-16-4-3-5-17(12-16)21-13-18(20)19-2/h3-5,12,14-15H,6-11,13H2,1-2H3,(H,19,20). The Labute approximate surface area is 128 Å². The van der Waals surface area contributed by atoms with Gasteiger partial charge < -0.3 is 10.1 Å². The van der Waals surface area contributed by atoms with E-state index in [2.05, 4.69) is 24.4 Å². The van der Waals surface area contributed by atoms with Crippen LogP contribution in [0.15, 0.2) is 24.3 Å². The molecule has 2 rings (SSSR count). The second-order valence-corrected chi connectivity index (χ2v) is 6.27. The Morgan fingerprint density at radius 2 is 2.05 bits per heavy atom. The topological polar surface area (TPSA) is 38.3 Å². The lowest BCUT2D eigenvalue weighted by Gasteiger charge is -2.26. The molecule has 1 fully saturated rings. The van der Waals surface area contributed by atoms with Crippen LogP contribution in [0.5, 0.6) is 5.75 Å². The fraction of sp³-hybridized carbons (Fsp3) is 0.611. The maximum absolute atomic E-state index is 11.2. The summed E-state index contributed by atoms with van der Waals surface area (Å²) in [5, 5.41) is 2.56. The summed E-state index contributed by atoms with van der Waals surface area (Å²) < 4.78 is 5.49. The molecular weight excluding hydrogens is 262 g/mol. The lowest BCUT2D eigenvalue weighted by atomic mass is 9.80. The number of hydrogen-bond acceptors (Lipinski definition) is 2. The molecule has 0 saturated heterocycles. The van der Waals surface area contributed by atoms with Crippen molar-refractivity contribution in [1.29, 1.82) is 0 Å². The Kier molecular flexibility index (Phi) is 6.09. The van der Waals surface area contributed by atoms with Gasteiger partial charge in [0.15, 0.2) is 6.61 Å². The van der Waals surface area contributed by atoms with Gasteiger partial charge in [-0.1, -0.05) is 44.7 Å². The summed E-state index contributed by atoms with van der Waals surface area (Å²) in [7, 11) is 1.62. The Hall–Kier alpha value is -1.51. The van der Waals surface area contributed by atoms with Crippen molar-refractivity contribution in [2.24, 2.45) is 11.8 Å². The van der Waals surface area contributed by atoms with Gasteiger partial charge in [0.25, 0.3) is 5.91 Å². The smallest absolute Gasteiger partial charge is 0.257 e. The molecule has 1 aliphatic rings. The van der Waals surface area contributed by atoms with E-state index < -0.39 is 0 Å². The molecule has 0 heterocycles. The second kappa shape index (κ2) is 8.06. The van der Waals surface area contributed by atoms with Gasteiger partial charge >= 0.3 is 0 Å². The molecule has 1 saturated carbocycles. The van der Waals surface area contributed by atoms with Gasteiger partial charge in [-0.2, -0.15) is 0 Å². The van der Waals surface area contributed by atoms with Crippen molar-refractivity contribution in [2.75, 3.05) is 13.7 Å². The summed E-state index contributed by atoms with van der Waals surface area (Å²) in [6.45, 7) is 2.45. The molecule has 116 valence electrons. The first-order valence-electron chi connectivity index (χ1n) is 8.09. The summed E-state index contributed by atoms with van der Waals surface area (Å²) >= 11 is 0. The molecule has 1 aromatic rings. The average Bonchev–Trinajstić information content (AvgIpc) is 2.52. The maximum Gasteiger partial charge on any atom is 0.257 e. The number of ether oxygens (including phenoxy) is 1. The molecule has 1 N–H and O–H groups in total. The molecule has 0 atom stereocenters. The predicted octanol–water partition coefficient (Wildman–Crippen LogP) is 3.57. The first kappa shape index (κ1) is 15.9. The Morgan fingerprint density at radius 1 is 1.29 bits per heavy atom. The van der Waals surface area contributed by atoms with E-state index in [4.69, 9.17) is 4.74 Å². The summed E-state index contributed by atoms with van der Waals surface area (Å²) in [6.07, 6.45) is 7.92. The van der Waals surface area contributed by atoms with Gasteiger partial charge in [-0.3, -0.25) is 4.79 Å². The minimum absolute atomic E-state index is 0.0838. The van der Waals surface area contributed by atoms with E-state index in [1.807, 2.05) is 12.1 Å². The summed E-state index contributed by atoms with van der Waals surface area (Å²) in [5.74, 6) is 2.49. The molecule has 1 aromatic carbocycles. The fourth-order valence-corrected chi connectivity index (χ4v) is 3.00. The highest BCUT2D eigenvalue weighted by molar-refractivity contribution is 5.77. The van der Waals surface area contributed by atoms with Gasteiger partial charge in [0.05, 0.1) is 0 Å². The number of nitrogens with one attached hydrogen (secondary N) is 1. The summed E-state index contributed by atoms with van der Waals surface area (Å²) in [4.78, 5) is 11.2. The van der Waals surface area contributed by atoms with E-state index >= 15 is 0 Å². The number of benzene rings is 1. The molecule has 1 aliphatic carbocycles. The molecular formula is C18H27NO2. The minimum atomic E-state index is -0.100. The lowest BCUT2D eigenvalue weighted by molar-refractivity contribution is -0.122. The predicted molar refractivity (Wildman–Crippen MR) is 85.4 cm³/mol. The Morgan fingerprint density at radius 3 is 2.76 bits per heavy atom. The van der Waals surface area contributed by atoms with Gasteiger partial charge in [-0.15, -0.1) is 0 Å². The molecule has 0 spiro atoms. The van der Waals surface area contributed by atoms with Gasteiger partial charge in [0.2, 0.25) is 0 Å². The number of carbonyl (C=O) groups excluding carboxylic acids is 1. The number of aryl methyl sites for hydroxylation is 1. The minimum Gasteiger partial charge on any atom is -0.484 e. The van der Waals surface area contributed by atoms with Crippen LogP contribution in [0, 0.1) is 11.8 Å². The summed E-state index contributed by atoms with van der Waals surface area (Å²) in [5.41, 5.74) is 1.31. The highest BCUT2D eigenvalue weighted by atomic mass is 16.5. The molecule has 0 unspecified atom stereocenters. The number of hydrogen-bond donors (Lipinski definition) is 1. The molecule has 0 aromatic heterocycles. The normalized spacial score (nSPS) is 21.8. The largest absolute Gasteiger partial charge is 0.484 e. The number of rotatable bonds is 6. The third kappa shape index (κ3) is 5.41. The molecule has 0 bridgehead atoms. The number of carbonyl (C=O) groups is 1. The first-order chi connectivity index (χ1) is 10.2. The van der Waals surface area contributed by atoms with E-state index in [9.17, 15) is 4.79 Å². The monoisotopic (exact) mass is 289 g/mol. The quantitative estimate of drug-likeness (QED) is 0.869. The van der Waals surface area contributed by atoms with Crippen LogP contribution in [0.1, 0.15) is 44.6 Å². The van der Waals surface area contributed by atoms with E-state index in [1.54, 1.807) is 7.05 Å². The highest BCUT2D eigenvalue weighted by Gasteiger charge is 2.17. The van der Waals surface area contributed by atoms with Crippen molar-refractivity contribution in [1.82, 2.24) is 5.32 Å². The van der Waals surface area contributed by atoms with Crippen molar-refractivity contribution in [3.05, 3.63) is 29.8 Å². The van der Waals surface area contributed by atoms with Gasteiger partial charge in [0.1, 0.15) is 5.75 Å². The Balaban J connectivity index is 1.79. The average molecular weight is 289 g/mol. The molecule has 21 heavy (non-hydrogen) atoms. The fourth-order valence-electron chi connectivity index (χ4n) is 3.00. The van der Waals surface area contributed by atoms with Crippen LogP contribution < -0.4 is 10.1 Å². The zero-order chi connectivity index (χ0) is 15.1. The molecule has 0 aliphatic heterocycles. The summed E-state index contributed by atoms with van der Waals surface area (Å²) in [6, 6.07) is 8.14. The molecule has 3 heteroatoms. The Bertz CT molecular complexity index is 450. The van der Waals surface area contributed by atoms with Crippen molar-refractivity contribution in [3.63, 3.8) is 0 Å². The van der Waals surface area contributed by atoms with Crippen molar-refractivity contribution >= 4 is 5.91 Å². The van der Waals surface area contributed by atoms with Crippen molar-refractivity contribution < 1.29 is 9.53 Å². The van der Waals surface area contributed by atoms with E-state index in [-0.39, 0.29) is 12.5 Å². The zero-order valence-electron chi connectivity index (χ0n) is 13.2. The first-order valence-corrected chi connectivity index (χ1v) is 8.09. The van der Waals surface area contributed by atoms with Crippen molar-refractivity contribution in [2.45, 2.75) is 45.4 Å². The maximum atomic E-state index is 11.2. The highest BCUT2D eigenvalue weighted by Crippen LogP contribution is 2.31. The van der Waals surface area contributed by atoms with Crippen LogP contribution in [0.3, 0.4) is 0 Å².